The van der Waals surface area contributed by atoms with Crippen LogP contribution < -0.4 is 10.5 Å². The summed E-state index contributed by atoms with van der Waals surface area (Å²) >= 11 is 0. The Labute approximate surface area is 101 Å². The molecule has 0 aliphatic rings. The van der Waals surface area contributed by atoms with Gasteiger partial charge in [0.2, 0.25) is 0 Å². The van der Waals surface area contributed by atoms with E-state index >= 15 is 0 Å². The number of benzene rings is 1. The highest BCUT2D eigenvalue weighted by Crippen LogP contribution is 2.21. The Kier molecular flexibility index (Phi) is 4.23. The number of nitrogens with two attached hydrogens (primary N) is 1. The molecule has 1 aromatic rings. The predicted molar refractivity (Wildman–Crippen MR) is 64.5 cm³/mol. The molecule has 0 unspecified atom stereocenters. The first kappa shape index (κ1) is 13.6. The zero-order chi connectivity index (χ0) is 13.1. The first-order valence-electron chi connectivity index (χ1n) is 5.46. The van der Waals surface area contributed by atoms with E-state index in [0.29, 0.717) is 5.56 Å². The fourth-order valence-electron chi connectivity index (χ4n) is 1.36. The van der Waals surface area contributed by atoms with Gasteiger partial charge in [0.15, 0.2) is 11.6 Å². The number of halogens is 1. The Hall–Kier alpha value is -1.42. The van der Waals surface area contributed by atoms with Gasteiger partial charge in [0.1, 0.15) is 5.78 Å². The Morgan fingerprint density at radius 1 is 1.47 bits per heavy atom. The van der Waals surface area contributed by atoms with E-state index < -0.39 is 11.2 Å². The number of ketones is 1. The maximum Gasteiger partial charge on any atom is 0.165 e. The minimum absolute atomic E-state index is 0.00423. The molecule has 0 saturated heterocycles. The van der Waals surface area contributed by atoms with Crippen LogP contribution in [0.2, 0.25) is 0 Å². The Balaban J connectivity index is 2.83. The van der Waals surface area contributed by atoms with Crippen molar-refractivity contribution in [3.63, 3.8) is 0 Å². The van der Waals surface area contributed by atoms with Crippen molar-refractivity contribution in [1.82, 2.24) is 0 Å². The molecule has 0 aromatic heterocycles. The van der Waals surface area contributed by atoms with E-state index in [1.807, 2.05) is 0 Å². The molecule has 0 amide bonds. The van der Waals surface area contributed by atoms with Crippen LogP contribution >= 0.6 is 0 Å². The molecule has 0 radical (unpaired) electrons. The minimum atomic E-state index is -0.573. The van der Waals surface area contributed by atoms with Crippen molar-refractivity contribution in [2.24, 2.45) is 11.1 Å². The quantitative estimate of drug-likeness (QED) is 0.854. The topological polar surface area (TPSA) is 52.3 Å². The number of rotatable bonds is 5. The van der Waals surface area contributed by atoms with Gasteiger partial charge in [0.25, 0.3) is 0 Å². The van der Waals surface area contributed by atoms with Crippen molar-refractivity contribution >= 4 is 5.78 Å². The summed E-state index contributed by atoms with van der Waals surface area (Å²) in [6.45, 7) is 3.86. The number of hydrogen-bond donors (Lipinski definition) is 1. The number of Topliss-reactive ketones (excluding diaryl/α,β-unsaturated/α-hetero) is 1. The third-order valence-electron chi connectivity index (χ3n) is 2.85. The molecule has 4 heteroatoms. The van der Waals surface area contributed by atoms with Gasteiger partial charge in [-0.2, -0.15) is 0 Å². The van der Waals surface area contributed by atoms with Crippen molar-refractivity contribution < 1.29 is 13.9 Å². The normalized spacial score (nSPS) is 11.4. The molecule has 0 heterocycles. The molecule has 0 saturated carbocycles. The fraction of sp³-hybridized carbons (Fsp3) is 0.462. The molecule has 0 spiro atoms. The summed E-state index contributed by atoms with van der Waals surface area (Å²) in [5.41, 5.74) is 5.58. The molecule has 0 atom stereocenters. The van der Waals surface area contributed by atoms with Gasteiger partial charge in [0.05, 0.1) is 7.11 Å². The van der Waals surface area contributed by atoms with Gasteiger partial charge in [-0.1, -0.05) is 19.9 Å². The molecule has 1 aromatic carbocycles. The lowest BCUT2D eigenvalue weighted by Crippen LogP contribution is -2.33. The van der Waals surface area contributed by atoms with Crippen molar-refractivity contribution in [2.45, 2.75) is 20.3 Å². The van der Waals surface area contributed by atoms with Crippen molar-refractivity contribution in [3.8, 4) is 5.75 Å². The van der Waals surface area contributed by atoms with Gasteiger partial charge in [-0.3, -0.25) is 4.79 Å². The van der Waals surface area contributed by atoms with E-state index in [9.17, 15) is 9.18 Å². The molecule has 0 aliphatic heterocycles. The average molecular weight is 239 g/mol. The number of carbonyl (C=O) groups is 1. The Morgan fingerprint density at radius 2 is 2.12 bits per heavy atom. The molecule has 2 N–H and O–H groups in total. The van der Waals surface area contributed by atoms with E-state index in [1.165, 1.54) is 19.2 Å². The van der Waals surface area contributed by atoms with E-state index in [4.69, 9.17) is 10.5 Å². The van der Waals surface area contributed by atoms with Gasteiger partial charge in [-0.15, -0.1) is 0 Å². The fourth-order valence-corrected chi connectivity index (χ4v) is 1.36. The molecule has 94 valence electrons. The summed E-state index contributed by atoms with van der Waals surface area (Å²) in [4.78, 5) is 11.9. The predicted octanol–water partition coefficient (Wildman–Crippen LogP) is 1.93. The van der Waals surface area contributed by atoms with Crippen LogP contribution in [0.25, 0.3) is 0 Å². The maximum absolute atomic E-state index is 13.4. The summed E-state index contributed by atoms with van der Waals surface area (Å²) < 4.78 is 18.2. The Bertz CT molecular complexity index is 416. The molecular weight excluding hydrogens is 221 g/mol. The Morgan fingerprint density at radius 3 is 2.59 bits per heavy atom. The SMILES string of the molecule is COc1ccc(CC(=O)C(C)(C)CN)cc1F. The monoisotopic (exact) mass is 239 g/mol. The molecule has 3 nitrogen and oxygen atoms in total. The third kappa shape index (κ3) is 3.27. The van der Waals surface area contributed by atoms with E-state index in [1.54, 1.807) is 19.9 Å². The van der Waals surface area contributed by atoms with Gasteiger partial charge in [-0.05, 0) is 17.7 Å². The van der Waals surface area contributed by atoms with Crippen molar-refractivity contribution in [1.29, 1.82) is 0 Å². The van der Waals surface area contributed by atoms with Gasteiger partial charge in [-0.25, -0.2) is 4.39 Å². The number of ether oxygens (including phenoxy) is 1. The van der Waals surface area contributed by atoms with E-state index in [0.717, 1.165) is 0 Å². The second-order valence-electron chi connectivity index (χ2n) is 4.66. The van der Waals surface area contributed by atoms with Crippen LogP contribution in [0.5, 0.6) is 5.75 Å². The number of carbonyl (C=O) groups excluding carboxylic acids is 1. The largest absolute Gasteiger partial charge is 0.494 e. The summed E-state index contributed by atoms with van der Waals surface area (Å²) in [6.07, 6.45) is 0.186. The first-order valence-corrected chi connectivity index (χ1v) is 5.46. The highest BCUT2D eigenvalue weighted by molar-refractivity contribution is 5.86. The lowest BCUT2D eigenvalue weighted by Gasteiger charge is -2.20. The van der Waals surface area contributed by atoms with Gasteiger partial charge in [0, 0.05) is 18.4 Å². The summed E-state index contributed by atoms with van der Waals surface area (Å²) in [5.74, 6) is -0.271. The highest BCUT2D eigenvalue weighted by atomic mass is 19.1. The van der Waals surface area contributed by atoms with Gasteiger partial charge < -0.3 is 10.5 Å². The second-order valence-corrected chi connectivity index (χ2v) is 4.66. The van der Waals surface area contributed by atoms with Crippen LogP contribution in [0, 0.1) is 11.2 Å². The minimum Gasteiger partial charge on any atom is -0.494 e. The second kappa shape index (κ2) is 5.27. The molecule has 0 fully saturated rings. The molecule has 0 bridgehead atoms. The summed E-state index contributed by atoms with van der Waals surface area (Å²) in [6, 6.07) is 4.53. The van der Waals surface area contributed by atoms with Crippen LogP contribution in [0.4, 0.5) is 4.39 Å². The third-order valence-corrected chi connectivity index (χ3v) is 2.85. The zero-order valence-corrected chi connectivity index (χ0v) is 10.4. The lowest BCUT2D eigenvalue weighted by atomic mass is 9.85. The molecule has 0 aliphatic carbocycles. The number of hydrogen-bond acceptors (Lipinski definition) is 3. The zero-order valence-electron chi connectivity index (χ0n) is 10.4. The van der Waals surface area contributed by atoms with Crippen LogP contribution in [-0.4, -0.2) is 19.4 Å². The standard InChI is InChI=1S/C13H18FNO2/c1-13(2,8-15)12(16)7-9-4-5-11(17-3)10(14)6-9/h4-6H,7-8,15H2,1-3H3. The smallest absolute Gasteiger partial charge is 0.165 e. The first-order chi connectivity index (χ1) is 7.90. The van der Waals surface area contributed by atoms with Crippen LogP contribution in [0.1, 0.15) is 19.4 Å². The van der Waals surface area contributed by atoms with Crippen LogP contribution in [0.3, 0.4) is 0 Å². The molecular formula is C13H18FNO2. The average Bonchev–Trinajstić information content (AvgIpc) is 2.29. The number of methoxy groups -OCH3 is 1. The van der Waals surface area contributed by atoms with E-state index in [2.05, 4.69) is 0 Å². The van der Waals surface area contributed by atoms with Crippen LogP contribution in [-0.2, 0) is 11.2 Å². The van der Waals surface area contributed by atoms with Gasteiger partial charge >= 0.3 is 0 Å². The van der Waals surface area contributed by atoms with Crippen molar-refractivity contribution in [3.05, 3.63) is 29.6 Å². The summed E-state index contributed by atoms with van der Waals surface area (Å²) in [7, 11) is 1.40. The maximum atomic E-state index is 13.4. The van der Waals surface area contributed by atoms with Crippen molar-refractivity contribution in [2.75, 3.05) is 13.7 Å². The lowest BCUT2D eigenvalue weighted by molar-refractivity contribution is -0.125. The molecule has 1 rings (SSSR count). The highest BCUT2D eigenvalue weighted by Gasteiger charge is 2.25. The van der Waals surface area contributed by atoms with Crippen LogP contribution in [0.15, 0.2) is 18.2 Å². The molecule has 17 heavy (non-hydrogen) atoms. The summed E-state index contributed by atoms with van der Waals surface area (Å²) in [5, 5.41) is 0. The van der Waals surface area contributed by atoms with E-state index in [-0.39, 0.29) is 24.5 Å².